The standard InChI is InChI=1S/C6H10ClNO2.C2H4O2/c7-3-1-8-5-4(9)2-10-6(3)5;1-2(3)4/h3-6,8-9H,1-2H2;1H3,(H,3,4)/t3-,4-,5+,6+;/m0./s1. The maximum atomic E-state index is 9.30. The van der Waals surface area contributed by atoms with E-state index in [0.29, 0.717) is 6.61 Å². The number of alkyl halides is 1. The van der Waals surface area contributed by atoms with E-state index in [-0.39, 0.29) is 23.6 Å². The molecule has 3 N–H and O–H groups in total. The van der Waals surface area contributed by atoms with Crippen molar-refractivity contribution >= 4 is 17.6 Å². The zero-order chi connectivity index (χ0) is 10.7. The first-order chi connectivity index (χ1) is 6.52. The molecule has 2 saturated heterocycles. The molecule has 0 aromatic heterocycles. The summed E-state index contributed by atoms with van der Waals surface area (Å²) in [6.45, 7) is 2.29. The average Bonchev–Trinajstić information content (AvgIpc) is 2.57. The summed E-state index contributed by atoms with van der Waals surface area (Å²) in [5.41, 5.74) is 0. The fourth-order valence-corrected chi connectivity index (χ4v) is 2.05. The number of rotatable bonds is 0. The van der Waals surface area contributed by atoms with Crippen LogP contribution in [0.5, 0.6) is 0 Å². The first-order valence-corrected chi connectivity index (χ1v) is 4.90. The van der Waals surface area contributed by atoms with Crippen molar-refractivity contribution in [3.05, 3.63) is 0 Å². The van der Waals surface area contributed by atoms with Crippen LogP contribution in [0.15, 0.2) is 0 Å². The molecule has 0 amide bonds. The van der Waals surface area contributed by atoms with Crippen LogP contribution in [0.4, 0.5) is 0 Å². The minimum absolute atomic E-state index is 0.0802. The number of ether oxygens (including phenoxy) is 1. The van der Waals surface area contributed by atoms with E-state index < -0.39 is 5.97 Å². The van der Waals surface area contributed by atoms with Gasteiger partial charge in [-0.2, -0.15) is 0 Å². The molecular formula is C8H14ClNO4. The van der Waals surface area contributed by atoms with Gasteiger partial charge in [-0.05, 0) is 6.92 Å². The van der Waals surface area contributed by atoms with Gasteiger partial charge >= 0.3 is 0 Å². The Kier molecular flexibility index (Phi) is 4.12. The number of hydrogen-bond donors (Lipinski definition) is 2. The van der Waals surface area contributed by atoms with Crippen molar-refractivity contribution in [2.24, 2.45) is 0 Å². The van der Waals surface area contributed by atoms with Crippen LogP contribution in [-0.2, 0) is 9.53 Å². The van der Waals surface area contributed by atoms with Crippen molar-refractivity contribution in [3.63, 3.8) is 0 Å². The van der Waals surface area contributed by atoms with Crippen LogP contribution < -0.4 is 10.4 Å². The van der Waals surface area contributed by atoms with E-state index in [1.54, 1.807) is 0 Å². The number of carbonyl (C=O) groups excluding carboxylic acids is 1. The quantitative estimate of drug-likeness (QED) is 0.430. The van der Waals surface area contributed by atoms with E-state index in [0.717, 1.165) is 13.5 Å². The molecule has 2 heterocycles. The highest BCUT2D eigenvalue weighted by molar-refractivity contribution is 6.21. The van der Waals surface area contributed by atoms with Crippen molar-refractivity contribution in [2.75, 3.05) is 13.2 Å². The second-order valence-corrected chi connectivity index (χ2v) is 3.98. The Balaban J connectivity index is 0.000000213. The molecule has 0 bridgehead atoms. The minimum atomic E-state index is -1.08. The molecule has 6 heteroatoms. The van der Waals surface area contributed by atoms with Crippen molar-refractivity contribution in [1.82, 2.24) is 0 Å². The Morgan fingerprint density at radius 3 is 2.79 bits per heavy atom. The number of nitrogens with two attached hydrogens (primary N) is 1. The van der Waals surface area contributed by atoms with Gasteiger partial charge in [0.1, 0.15) is 23.6 Å². The molecule has 0 spiro atoms. The third-order valence-corrected chi connectivity index (χ3v) is 2.70. The number of halogens is 1. The lowest BCUT2D eigenvalue weighted by molar-refractivity contribution is -0.675. The molecule has 2 rings (SSSR count). The number of hydrogen-bond acceptors (Lipinski definition) is 4. The smallest absolute Gasteiger partial charge is 0.143 e. The lowest BCUT2D eigenvalue weighted by Crippen LogP contribution is -2.89. The highest BCUT2D eigenvalue weighted by atomic mass is 35.5. The summed E-state index contributed by atoms with van der Waals surface area (Å²) in [5, 5.41) is 20.3. The fourth-order valence-electron chi connectivity index (χ4n) is 1.71. The van der Waals surface area contributed by atoms with Crippen LogP contribution in [0.1, 0.15) is 6.92 Å². The highest BCUT2D eigenvalue weighted by Crippen LogP contribution is 2.21. The topological polar surface area (TPSA) is 86.2 Å². The molecule has 82 valence electrons. The van der Waals surface area contributed by atoms with Gasteiger partial charge in [-0.1, -0.05) is 0 Å². The lowest BCUT2D eigenvalue weighted by Gasteiger charge is -2.06. The van der Waals surface area contributed by atoms with Gasteiger partial charge in [0.2, 0.25) is 0 Å². The number of quaternary nitrogens is 1. The maximum Gasteiger partial charge on any atom is 0.143 e. The van der Waals surface area contributed by atoms with Crippen molar-refractivity contribution in [3.8, 4) is 0 Å². The normalized spacial score (nSPS) is 39.9. The molecule has 0 radical (unpaired) electrons. The molecule has 2 aliphatic heterocycles. The number of aliphatic hydroxyl groups excluding tert-OH is 1. The van der Waals surface area contributed by atoms with Gasteiger partial charge in [-0.25, -0.2) is 0 Å². The average molecular weight is 224 g/mol. The lowest BCUT2D eigenvalue weighted by atomic mass is 10.1. The van der Waals surface area contributed by atoms with Gasteiger partial charge in [0.25, 0.3) is 0 Å². The molecule has 2 fully saturated rings. The molecular weight excluding hydrogens is 210 g/mol. The highest BCUT2D eigenvalue weighted by Gasteiger charge is 2.48. The van der Waals surface area contributed by atoms with Gasteiger partial charge in [0, 0.05) is 5.97 Å². The zero-order valence-corrected chi connectivity index (χ0v) is 8.61. The van der Waals surface area contributed by atoms with Gasteiger partial charge in [-0.15, -0.1) is 11.6 Å². The van der Waals surface area contributed by atoms with Crippen LogP contribution in [0.3, 0.4) is 0 Å². The van der Waals surface area contributed by atoms with Crippen molar-refractivity contribution in [1.29, 1.82) is 0 Å². The Bertz CT molecular complexity index is 194. The zero-order valence-electron chi connectivity index (χ0n) is 7.85. The van der Waals surface area contributed by atoms with Crippen molar-refractivity contribution < 1.29 is 25.1 Å². The third-order valence-electron chi connectivity index (χ3n) is 2.27. The Morgan fingerprint density at radius 2 is 2.29 bits per heavy atom. The van der Waals surface area contributed by atoms with Gasteiger partial charge < -0.3 is 25.1 Å². The summed E-state index contributed by atoms with van der Waals surface area (Å²) in [4.78, 5) is 8.89. The molecule has 0 saturated carbocycles. The maximum absolute atomic E-state index is 9.30. The second-order valence-electron chi connectivity index (χ2n) is 3.42. The second kappa shape index (κ2) is 4.93. The summed E-state index contributed by atoms with van der Waals surface area (Å²) in [7, 11) is 0. The largest absolute Gasteiger partial charge is 0.550 e. The van der Waals surface area contributed by atoms with Crippen LogP contribution in [-0.4, -0.2) is 47.9 Å². The molecule has 0 unspecified atom stereocenters. The number of aliphatic hydroxyl groups is 1. The first kappa shape index (κ1) is 11.7. The van der Waals surface area contributed by atoms with Crippen LogP contribution >= 0.6 is 11.6 Å². The Labute approximate surface area is 87.0 Å². The monoisotopic (exact) mass is 223 g/mol. The van der Waals surface area contributed by atoms with Crippen LogP contribution in [0.2, 0.25) is 0 Å². The van der Waals surface area contributed by atoms with Crippen molar-refractivity contribution in [2.45, 2.75) is 30.6 Å². The van der Waals surface area contributed by atoms with Crippen LogP contribution in [0, 0.1) is 0 Å². The minimum Gasteiger partial charge on any atom is -0.550 e. The summed E-state index contributed by atoms with van der Waals surface area (Å²) < 4.78 is 5.29. The summed E-state index contributed by atoms with van der Waals surface area (Å²) in [6, 6.07) is 0.197. The Morgan fingerprint density at radius 1 is 1.71 bits per heavy atom. The van der Waals surface area contributed by atoms with Gasteiger partial charge in [0.15, 0.2) is 0 Å². The number of carboxylic acid groups (broad SMARTS) is 1. The van der Waals surface area contributed by atoms with Crippen LogP contribution in [0.25, 0.3) is 0 Å². The van der Waals surface area contributed by atoms with E-state index in [9.17, 15) is 5.11 Å². The van der Waals surface area contributed by atoms with Gasteiger partial charge in [-0.3, -0.25) is 0 Å². The summed E-state index contributed by atoms with van der Waals surface area (Å²) in [5.74, 6) is -1.08. The van der Waals surface area contributed by atoms with E-state index in [1.807, 2.05) is 0 Å². The SMILES string of the molecule is CC(=O)[O-].O[C@H]1CO[C@H]2[C@@H]1[NH2+]C[C@@H]2Cl. The predicted molar refractivity (Wildman–Crippen MR) is 46.6 cm³/mol. The first-order valence-electron chi connectivity index (χ1n) is 4.47. The molecule has 5 nitrogen and oxygen atoms in total. The summed E-state index contributed by atoms with van der Waals surface area (Å²) >= 11 is 5.91. The number of fused-ring (bicyclic) bond motifs is 1. The molecule has 0 aromatic carbocycles. The predicted octanol–water partition coefficient (Wildman–Crippen LogP) is -2.94. The van der Waals surface area contributed by atoms with E-state index in [2.05, 4.69) is 5.32 Å². The van der Waals surface area contributed by atoms with Gasteiger partial charge in [0.05, 0.1) is 13.2 Å². The molecule has 0 aliphatic carbocycles. The number of carboxylic acids is 1. The van der Waals surface area contributed by atoms with E-state index in [4.69, 9.17) is 26.2 Å². The number of aliphatic carboxylic acids is 1. The molecule has 14 heavy (non-hydrogen) atoms. The molecule has 0 aromatic rings. The van der Waals surface area contributed by atoms with E-state index >= 15 is 0 Å². The number of carbonyl (C=O) groups is 1. The molecule has 2 aliphatic rings. The molecule has 4 atom stereocenters. The third kappa shape index (κ3) is 2.81. The van der Waals surface area contributed by atoms with E-state index in [1.165, 1.54) is 0 Å². The summed E-state index contributed by atoms with van der Waals surface area (Å²) in [6.07, 6.45) is -0.231. The Hall–Kier alpha value is -0.360. The fraction of sp³-hybridized carbons (Fsp3) is 0.875.